The van der Waals surface area contributed by atoms with Crippen molar-refractivity contribution in [2.45, 2.75) is 17.1 Å². The van der Waals surface area contributed by atoms with Crippen LogP contribution in [0, 0.1) is 0 Å². The van der Waals surface area contributed by atoms with Crippen molar-refractivity contribution in [1.82, 2.24) is 4.98 Å². The minimum absolute atomic E-state index is 0.200. The van der Waals surface area contributed by atoms with Gasteiger partial charge in [-0.1, -0.05) is 6.07 Å². The molecule has 10 heteroatoms. The number of nitrogens with one attached hydrogen (secondary N) is 2. The zero-order valence-electron chi connectivity index (χ0n) is 17.8. The monoisotopic (exact) mass is 483 g/mol. The maximum absolute atomic E-state index is 12.6. The molecule has 0 saturated carbocycles. The van der Waals surface area contributed by atoms with Crippen molar-refractivity contribution in [3.63, 3.8) is 0 Å². The van der Waals surface area contributed by atoms with E-state index in [0.717, 1.165) is 34.1 Å². The fourth-order valence-electron chi connectivity index (χ4n) is 2.67. The van der Waals surface area contributed by atoms with E-state index >= 15 is 0 Å². The largest absolute Gasteiger partial charge is 0.497 e. The van der Waals surface area contributed by atoms with E-state index in [1.165, 1.54) is 23.1 Å². The Bertz CT molecular complexity index is 1170. The highest BCUT2D eigenvalue weighted by molar-refractivity contribution is 8.00. The van der Waals surface area contributed by atoms with Gasteiger partial charge in [-0.3, -0.25) is 9.59 Å². The molecule has 0 fully saturated rings. The number of rotatable bonds is 9. The first kappa shape index (κ1) is 24.0. The van der Waals surface area contributed by atoms with Crippen LogP contribution in [0.3, 0.4) is 0 Å². The average molecular weight is 484 g/mol. The predicted octanol–water partition coefficient (Wildman–Crippen LogP) is 4.52. The summed E-state index contributed by atoms with van der Waals surface area (Å²) < 4.78 is 5.16. The van der Waals surface area contributed by atoms with Gasteiger partial charge in [0.25, 0.3) is 0 Å². The van der Waals surface area contributed by atoms with Gasteiger partial charge in [-0.05, 0) is 49.4 Å². The molecule has 0 saturated heterocycles. The number of aliphatic carboxylic acids is 1. The molecule has 2 aromatic carbocycles. The van der Waals surface area contributed by atoms with Gasteiger partial charge in [0.2, 0.25) is 11.8 Å². The topological polar surface area (TPSA) is 118 Å². The second-order valence-electron chi connectivity index (χ2n) is 6.70. The van der Waals surface area contributed by atoms with Gasteiger partial charge in [-0.2, -0.15) is 0 Å². The third kappa shape index (κ3) is 7.19. The molecule has 0 spiro atoms. The lowest BCUT2D eigenvalue weighted by atomic mass is 10.2. The van der Waals surface area contributed by atoms with Crippen molar-refractivity contribution in [2.75, 3.05) is 17.7 Å². The number of methoxy groups -OCH3 is 1. The normalized spacial score (nSPS) is 11.7. The summed E-state index contributed by atoms with van der Waals surface area (Å²) in [5.41, 5.74) is 2.18. The number of hydrogen-bond acceptors (Lipinski definition) is 7. The summed E-state index contributed by atoms with van der Waals surface area (Å²) in [7, 11) is 1.61. The van der Waals surface area contributed by atoms with Crippen molar-refractivity contribution in [3.05, 3.63) is 66.1 Å². The summed E-state index contributed by atoms with van der Waals surface area (Å²) in [5.74, 6) is -1.20. The van der Waals surface area contributed by atoms with Crippen molar-refractivity contribution in [2.24, 2.45) is 0 Å². The molecular weight excluding hydrogens is 462 g/mol. The number of aromatic nitrogens is 1. The highest BCUT2D eigenvalue weighted by atomic mass is 32.2. The van der Waals surface area contributed by atoms with E-state index in [-0.39, 0.29) is 5.91 Å². The summed E-state index contributed by atoms with van der Waals surface area (Å²) in [4.78, 5) is 40.2. The zero-order chi connectivity index (χ0) is 23.8. The molecule has 8 nitrogen and oxygen atoms in total. The SMILES string of the molecule is COc1ccc(-c2csc(NC(=O)C(C)Sc3cccc(NC(=O)/C=C/C(=O)O)c3)n2)cc1. The van der Waals surface area contributed by atoms with E-state index < -0.39 is 17.1 Å². The van der Waals surface area contributed by atoms with Gasteiger partial charge in [0, 0.05) is 33.7 Å². The van der Waals surface area contributed by atoms with E-state index in [1.807, 2.05) is 35.7 Å². The van der Waals surface area contributed by atoms with E-state index in [4.69, 9.17) is 9.84 Å². The Morgan fingerprint density at radius 2 is 1.88 bits per heavy atom. The van der Waals surface area contributed by atoms with Crippen LogP contribution in [0.25, 0.3) is 11.3 Å². The van der Waals surface area contributed by atoms with Gasteiger partial charge < -0.3 is 20.5 Å². The lowest BCUT2D eigenvalue weighted by molar-refractivity contribution is -0.131. The van der Waals surface area contributed by atoms with Gasteiger partial charge in [0.15, 0.2) is 5.13 Å². The average Bonchev–Trinajstić information content (AvgIpc) is 3.26. The predicted molar refractivity (Wildman–Crippen MR) is 130 cm³/mol. The van der Waals surface area contributed by atoms with Crippen LogP contribution in [-0.4, -0.2) is 40.2 Å². The molecule has 0 radical (unpaired) electrons. The number of hydrogen-bond donors (Lipinski definition) is 3. The molecule has 3 rings (SSSR count). The van der Waals surface area contributed by atoms with Gasteiger partial charge in [-0.15, -0.1) is 23.1 Å². The first-order chi connectivity index (χ1) is 15.8. The van der Waals surface area contributed by atoms with E-state index in [1.54, 1.807) is 32.2 Å². The lowest BCUT2D eigenvalue weighted by Crippen LogP contribution is -2.22. The van der Waals surface area contributed by atoms with Gasteiger partial charge >= 0.3 is 5.97 Å². The Balaban J connectivity index is 1.58. The lowest BCUT2D eigenvalue weighted by Gasteiger charge is -2.11. The molecule has 1 atom stereocenters. The molecular formula is C23H21N3O5S2. The van der Waals surface area contributed by atoms with Crippen molar-refractivity contribution >= 4 is 51.7 Å². The second-order valence-corrected chi connectivity index (χ2v) is 8.98. The number of thiazole rings is 1. The van der Waals surface area contributed by atoms with Crippen LogP contribution in [0.4, 0.5) is 10.8 Å². The highest BCUT2D eigenvalue weighted by Gasteiger charge is 2.17. The Morgan fingerprint density at radius 1 is 1.12 bits per heavy atom. The fourth-order valence-corrected chi connectivity index (χ4v) is 4.32. The second kappa shape index (κ2) is 11.3. The summed E-state index contributed by atoms with van der Waals surface area (Å²) in [5, 5.41) is 16.0. The van der Waals surface area contributed by atoms with Crippen LogP contribution < -0.4 is 15.4 Å². The number of carboxylic acid groups (broad SMARTS) is 1. The molecule has 1 unspecified atom stereocenters. The standard InChI is InChI=1S/C23H21N3O5S2/c1-14(33-18-5-3-4-16(12-18)24-20(27)10-11-21(28)29)22(30)26-23-25-19(13-32-23)15-6-8-17(31-2)9-7-15/h3-14H,1-2H3,(H,24,27)(H,28,29)(H,25,26,30)/b11-10+. The van der Waals surface area contributed by atoms with Crippen LogP contribution in [0.1, 0.15) is 6.92 Å². The summed E-state index contributed by atoms with van der Waals surface area (Å²) in [6.45, 7) is 1.78. The number of carboxylic acids is 1. The molecule has 170 valence electrons. The number of carbonyl (C=O) groups excluding carboxylic acids is 2. The summed E-state index contributed by atoms with van der Waals surface area (Å²) in [6, 6.07) is 14.5. The number of ether oxygens (including phenoxy) is 1. The van der Waals surface area contributed by atoms with E-state index in [0.29, 0.717) is 10.8 Å². The maximum Gasteiger partial charge on any atom is 0.328 e. The van der Waals surface area contributed by atoms with Crippen LogP contribution in [0.15, 0.2) is 71.0 Å². The zero-order valence-corrected chi connectivity index (χ0v) is 19.4. The third-order valence-electron chi connectivity index (χ3n) is 4.28. The molecule has 33 heavy (non-hydrogen) atoms. The quantitative estimate of drug-likeness (QED) is 0.303. The molecule has 0 aliphatic heterocycles. The maximum atomic E-state index is 12.6. The number of thioether (sulfide) groups is 1. The molecule has 0 aliphatic carbocycles. The van der Waals surface area contributed by atoms with Crippen molar-refractivity contribution in [1.29, 1.82) is 0 Å². The Hall–Kier alpha value is -3.63. The van der Waals surface area contributed by atoms with Crippen molar-refractivity contribution < 1.29 is 24.2 Å². The Kier molecular flexibility index (Phi) is 8.22. The number of carbonyl (C=O) groups is 3. The first-order valence-corrected chi connectivity index (χ1v) is 11.5. The van der Waals surface area contributed by atoms with Crippen LogP contribution in [-0.2, 0) is 14.4 Å². The number of nitrogens with zero attached hydrogens (tertiary/aromatic N) is 1. The smallest absolute Gasteiger partial charge is 0.328 e. The minimum Gasteiger partial charge on any atom is -0.497 e. The van der Waals surface area contributed by atoms with Crippen molar-refractivity contribution in [3.8, 4) is 17.0 Å². The molecule has 0 aliphatic rings. The summed E-state index contributed by atoms with van der Waals surface area (Å²) >= 11 is 2.67. The summed E-state index contributed by atoms with van der Waals surface area (Å²) in [6.07, 6.45) is 1.70. The van der Waals surface area contributed by atoms with E-state index in [2.05, 4.69) is 15.6 Å². The van der Waals surface area contributed by atoms with Gasteiger partial charge in [0.1, 0.15) is 5.75 Å². The minimum atomic E-state index is -1.20. The van der Waals surface area contributed by atoms with E-state index in [9.17, 15) is 14.4 Å². The first-order valence-electron chi connectivity index (χ1n) is 9.73. The Labute approximate surface area is 198 Å². The molecule has 0 bridgehead atoms. The van der Waals surface area contributed by atoms with Gasteiger partial charge in [0.05, 0.1) is 18.1 Å². The number of amides is 2. The molecule has 1 aromatic heterocycles. The van der Waals surface area contributed by atoms with Crippen LogP contribution >= 0.6 is 23.1 Å². The van der Waals surface area contributed by atoms with Crippen LogP contribution in [0.5, 0.6) is 5.75 Å². The third-order valence-corrected chi connectivity index (χ3v) is 6.13. The molecule has 3 N–H and O–H groups in total. The molecule has 1 heterocycles. The molecule has 3 aromatic rings. The Morgan fingerprint density at radius 3 is 2.58 bits per heavy atom. The molecule has 2 amide bonds. The number of benzene rings is 2. The fraction of sp³-hybridized carbons (Fsp3) is 0.130. The highest BCUT2D eigenvalue weighted by Crippen LogP contribution is 2.29. The van der Waals surface area contributed by atoms with Crippen LogP contribution in [0.2, 0.25) is 0 Å². The number of anilines is 2. The van der Waals surface area contributed by atoms with Gasteiger partial charge in [-0.25, -0.2) is 9.78 Å².